The van der Waals surface area contributed by atoms with E-state index in [0.29, 0.717) is 5.13 Å². The van der Waals surface area contributed by atoms with Gasteiger partial charge in [0.2, 0.25) is 0 Å². The van der Waals surface area contributed by atoms with Gasteiger partial charge in [-0.1, -0.05) is 6.92 Å². The standard InChI is InChI=1S/C11H16N4S/c1-4-9-10(16-11(12)13-9)5-8-6-15(3)14-7(8)2/h6H,4-5H2,1-3H3,(H2,12,13). The average molecular weight is 236 g/mol. The van der Waals surface area contributed by atoms with Gasteiger partial charge in [-0.3, -0.25) is 4.68 Å². The van der Waals surface area contributed by atoms with Crippen LogP contribution in [0.1, 0.15) is 28.8 Å². The number of nitrogens with two attached hydrogens (primary N) is 1. The third-order valence-electron chi connectivity index (χ3n) is 2.60. The van der Waals surface area contributed by atoms with Crippen LogP contribution in [-0.2, 0) is 19.9 Å². The molecule has 0 aliphatic carbocycles. The molecule has 2 heterocycles. The second-order valence-electron chi connectivity index (χ2n) is 3.87. The van der Waals surface area contributed by atoms with Gasteiger partial charge in [0, 0.05) is 24.5 Å². The lowest BCUT2D eigenvalue weighted by Crippen LogP contribution is -1.91. The molecule has 0 radical (unpaired) electrons. The van der Waals surface area contributed by atoms with Gasteiger partial charge in [0.25, 0.3) is 0 Å². The summed E-state index contributed by atoms with van der Waals surface area (Å²) in [6.07, 6.45) is 3.88. The topological polar surface area (TPSA) is 56.7 Å². The van der Waals surface area contributed by atoms with E-state index in [2.05, 4.69) is 23.2 Å². The molecule has 0 saturated carbocycles. The van der Waals surface area contributed by atoms with Crippen LogP contribution >= 0.6 is 11.3 Å². The van der Waals surface area contributed by atoms with Crippen LogP contribution in [0.2, 0.25) is 0 Å². The molecular formula is C11H16N4S. The molecule has 0 aliphatic heterocycles. The van der Waals surface area contributed by atoms with Gasteiger partial charge in [0.05, 0.1) is 11.4 Å². The molecule has 0 atom stereocenters. The first kappa shape index (κ1) is 11.1. The summed E-state index contributed by atoms with van der Waals surface area (Å²) in [5, 5.41) is 5.00. The minimum atomic E-state index is 0.661. The maximum Gasteiger partial charge on any atom is 0.180 e. The van der Waals surface area contributed by atoms with Crippen molar-refractivity contribution in [2.45, 2.75) is 26.7 Å². The van der Waals surface area contributed by atoms with E-state index < -0.39 is 0 Å². The van der Waals surface area contributed by atoms with Crippen molar-refractivity contribution in [2.24, 2.45) is 7.05 Å². The van der Waals surface area contributed by atoms with Crippen LogP contribution < -0.4 is 5.73 Å². The van der Waals surface area contributed by atoms with Gasteiger partial charge in [0.15, 0.2) is 5.13 Å². The number of aryl methyl sites for hydroxylation is 3. The second kappa shape index (κ2) is 4.25. The van der Waals surface area contributed by atoms with Crippen molar-refractivity contribution in [1.29, 1.82) is 0 Å². The van der Waals surface area contributed by atoms with E-state index in [1.807, 2.05) is 18.7 Å². The molecule has 5 heteroatoms. The van der Waals surface area contributed by atoms with Gasteiger partial charge in [0.1, 0.15) is 0 Å². The first-order valence-corrected chi connectivity index (χ1v) is 6.15. The Morgan fingerprint density at radius 3 is 2.81 bits per heavy atom. The number of hydrogen-bond acceptors (Lipinski definition) is 4. The highest BCUT2D eigenvalue weighted by atomic mass is 32.1. The van der Waals surface area contributed by atoms with Crippen LogP contribution in [0.5, 0.6) is 0 Å². The Balaban J connectivity index is 2.29. The third kappa shape index (κ3) is 2.09. The molecule has 0 saturated heterocycles. The van der Waals surface area contributed by atoms with Crippen LogP contribution in [0.4, 0.5) is 5.13 Å². The lowest BCUT2D eigenvalue weighted by molar-refractivity contribution is 0.756. The van der Waals surface area contributed by atoms with Gasteiger partial charge in [-0.15, -0.1) is 11.3 Å². The molecule has 86 valence electrons. The molecule has 0 bridgehead atoms. The average Bonchev–Trinajstić information content (AvgIpc) is 2.71. The Labute approximate surface area is 99.1 Å². The summed E-state index contributed by atoms with van der Waals surface area (Å²) in [6.45, 7) is 4.14. The quantitative estimate of drug-likeness (QED) is 0.885. The number of rotatable bonds is 3. The summed E-state index contributed by atoms with van der Waals surface area (Å²) in [5.74, 6) is 0. The Hall–Kier alpha value is -1.36. The molecule has 4 nitrogen and oxygen atoms in total. The van der Waals surface area contributed by atoms with Crippen LogP contribution in [-0.4, -0.2) is 14.8 Å². The minimum absolute atomic E-state index is 0.661. The Morgan fingerprint density at radius 1 is 1.50 bits per heavy atom. The molecule has 0 fully saturated rings. The normalized spacial score (nSPS) is 10.9. The Bertz CT molecular complexity index is 498. The number of nitrogens with zero attached hydrogens (tertiary/aromatic N) is 3. The molecule has 0 aliphatic rings. The molecule has 0 unspecified atom stereocenters. The number of nitrogen functional groups attached to an aromatic ring is 1. The molecule has 2 aromatic heterocycles. The van der Waals surface area contributed by atoms with Crippen molar-refractivity contribution in [3.8, 4) is 0 Å². The molecule has 16 heavy (non-hydrogen) atoms. The van der Waals surface area contributed by atoms with Gasteiger partial charge in [-0.25, -0.2) is 4.98 Å². The van der Waals surface area contributed by atoms with Gasteiger partial charge in [-0.05, 0) is 18.9 Å². The highest BCUT2D eigenvalue weighted by molar-refractivity contribution is 7.15. The molecular weight excluding hydrogens is 220 g/mol. The van der Waals surface area contributed by atoms with E-state index in [0.717, 1.165) is 24.2 Å². The van der Waals surface area contributed by atoms with E-state index >= 15 is 0 Å². The van der Waals surface area contributed by atoms with Crippen LogP contribution in [0, 0.1) is 6.92 Å². The third-order valence-corrected chi connectivity index (χ3v) is 3.52. The fraction of sp³-hybridized carbons (Fsp3) is 0.455. The van der Waals surface area contributed by atoms with E-state index in [-0.39, 0.29) is 0 Å². The zero-order valence-electron chi connectivity index (χ0n) is 9.82. The first-order valence-electron chi connectivity index (χ1n) is 5.33. The van der Waals surface area contributed by atoms with Crippen LogP contribution in [0.3, 0.4) is 0 Å². The predicted molar refractivity (Wildman–Crippen MR) is 66.7 cm³/mol. The fourth-order valence-electron chi connectivity index (χ4n) is 1.81. The highest BCUT2D eigenvalue weighted by Gasteiger charge is 2.11. The zero-order valence-corrected chi connectivity index (χ0v) is 10.6. The fourth-order valence-corrected chi connectivity index (χ4v) is 2.76. The minimum Gasteiger partial charge on any atom is -0.375 e. The van der Waals surface area contributed by atoms with E-state index in [4.69, 9.17) is 5.73 Å². The smallest absolute Gasteiger partial charge is 0.180 e. The second-order valence-corrected chi connectivity index (χ2v) is 4.98. The largest absolute Gasteiger partial charge is 0.375 e. The monoisotopic (exact) mass is 236 g/mol. The van der Waals surface area contributed by atoms with E-state index in [1.165, 1.54) is 10.4 Å². The summed E-state index contributed by atoms with van der Waals surface area (Å²) in [5.41, 5.74) is 9.19. The summed E-state index contributed by atoms with van der Waals surface area (Å²) in [6, 6.07) is 0. The van der Waals surface area contributed by atoms with Crippen molar-refractivity contribution in [2.75, 3.05) is 5.73 Å². The van der Waals surface area contributed by atoms with Crippen molar-refractivity contribution >= 4 is 16.5 Å². The van der Waals surface area contributed by atoms with Crippen molar-refractivity contribution in [1.82, 2.24) is 14.8 Å². The zero-order chi connectivity index (χ0) is 11.7. The van der Waals surface area contributed by atoms with Gasteiger partial charge < -0.3 is 5.73 Å². The van der Waals surface area contributed by atoms with Crippen LogP contribution in [0.15, 0.2) is 6.20 Å². The van der Waals surface area contributed by atoms with Crippen molar-refractivity contribution in [3.05, 3.63) is 28.0 Å². The first-order chi connectivity index (χ1) is 7.60. The Morgan fingerprint density at radius 2 is 2.25 bits per heavy atom. The molecule has 2 aromatic rings. The maximum absolute atomic E-state index is 5.74. The summed E-state index contributed by atoms with van der Waals surface area (Å²) in [7, 11) is 1.94. The molecule has 0 spiro atoms. The summed E-state index contributed by atoms with van der Waals surface area (Å²) < 4.78 is 1.85. The van der Waals surface area contributed by atoms with E-state index in [1.54, 1.807) is 11.3 Å². The predicted octanol–water partition coefficient (Wildman–Crippen LogP) is 1.92. The number of anilines is 1. The Kier molecular flexibility index (Phi) is 2.96. The number of hydrogen-bond donors (Lipinski definition) is 1. The number of thiazole rings is 1. The lowest BCUT2D eigenvalue weighted by Gasteiger charge is -1.98. The SMILES string of the molecule is CCc1nc(N)sc1Cc1cn(C)nc1C. The summed E-state index contributed by atoms with van der Waals surface area (Å²) in [4.78, 5) is 5.59. The maximum atomic E-state index is 5.74. The summed E-state index contributed by atoms with van der Waals surface area (Å²) >= 11 is 1.58. The van der Waals surface area contributed by atoms with Crippen molar-refractivity contribution < 1.29 is 0 Å². The van der Waals surface area contributed by atoms with Crippen molar-refractivity contribution in [3.63, 3.8) is 0 Å². The molecule has 2 rings (SSSR count). The molecule has 0 amide bonds. The highest BCUT2D eigenvalue weighted by Crippen LogP contribution is 2.24. The van der Waals surface area contributed by atoms with Gasteiger partial charge in [-0.2, -0.15) is 5.10 Å². The van der Waals surface area contributed by atoms with Gasteiger partial charge >= 0.3 is 0 Å². The lowest BCUT2D eigenvalue weighted by atomic mass is 10.1. The molecule has 2 N–H and O–H groups in total. The van der Waals surface area contributed by atoms with Crippen LogP contribution in [0.25, 0.3) is 0 Å². The van der Waals surface area contributed by atoms with E-state index in [9.17, 15) is 0 Å². The number of aromatic nitrogens is 3. The molecule has 0 aromatic carbocycles.